The molecule has 0 spiro atoms. The van der Waals surface area contributed by atoms with Crippen LogP contribution in [0.4, 0.5) is 17.1 Å². The van der Waals surface area contributed by atoms with E-state index in [0.29, 0.717) is 0 Å². The molecule has 328 valence electrons. The number of rotatable bonds is 3. The highest BCUT2D eigenvalue weighted by atomic mass is 32.2. The molecule has 0 unspecified atom stereocenters. The zero-order valence-corrected chi connectivity index (χ0v) is 39.5. The minimum absolute atomic E-state index is 1.04. The Morgan fingerprint density at radius 3 is 1.72 bits per heavy atom. The lowest BCUT2D eigenvalue weighted by molar-refractivity contribution is 1.14. The van der Waals surface area contributed by atoms with E-state index in [-0.39, 0.29) is 0 Å². The van der Waals surface area contributed by atoms with Gasteiger partial charge in [-0.15, -0.1) is 11.3 Å². The number of para-hydroxylation sites is 3. The first-order valence-corrected chi connectivity index (χ1v) is 25.8. The van der Waals surface area contributed by atoms with E-state index in [0.717, 1.165) is 22.4 Å². The Hall–Kier alpha value is -8.68. The Balaban J connectivity index is 0.987. The molecule has 0 fully saturated rings. The minimum Gasteiger partial charge on any atom is -0.308 e. The summed E-state index contributed by atoms with van der Waals surface area (Å²) < 4.78 is 7.47. The standard InChI is InChI=1S/C65H36N4S2/c1-4-21-57-51(18-1)68(52-19-2-5-22-58(52)70-57)49-30-26-38-25-29-45-50(31-27-39-24-28-44(49)62(38)63(39)45)69-53-20-3-6-23-59(53)71-60-34-48-54(35-55(60)69)67(40-13-10-32-66-36-40)56-33-47-43-15-8-12-37-11-7-14-41(61(37)43)42-16-9-17-46(64(42)47)65(48)56/h1-36H. The van der Waals surface area contributed by atoms with Gasteiger partial charge in [0.1, 0.15) is 0 Å². The van der Waals surface area contributed by atoms with Crippen LogP contribution in [0, 0.1) is 0 Å². The number of anilines is 3. The van der Waals surface area contributed by atoms with Crippen molar-refractivity contribution in [1.82, 2.24) is 14.1 Å². The Kier molecular flexibility index (Phi) is 7.52. The first kappa shape index (κ1) is 38.2. The van der Waals surface area contributed by atoms with Gasteiger partial charge in [0.15, 0.2) is 0 Å². The van der Waals surface area contributed by atoms with E-state index in [2.05, 4.69) is 220 Å². The van der Waals surface area contributed by atoms with Gasteiger partial charge in [-0.05, 0) is 143 Å². The van der Waals surface area contributed by atoms with E-state index in [1.165, 1.54) is 133 Å². The number of nitrogens with zero attached hydrogens (tertiary/aromatic N) is 4. The number of fused-ring (bicyclic) bond motifs is 10. The molecule has 1 aliphatic heterocycles. The Labute approximate surface area is 414 Å². The summed E-state index contributed by atoms with van der Waals surface area (Å²) in [4.78, 5) is 9.72. The van der Waals surface area contributed by atoms with Crippen molar-refractivity contribution < 1.29 is 0 Å². The van der Waals surface area contributed by atoms with Crippen LogP contribution < -0.4 is 4.90 Å². The fraction of sp³-hybridized carbons (Fsp3) is 0. The van der Waals surface area contributed by atoms with Crippen LogP contribution in [0.1, 0.15) is 0 Å². The number of hydrogen-bond acceptors (Lipinski definition) is 4. The lowest BCUT2D eigenvalue weighted by atomic mass is 9.88. The highest BCUT2D eigenvalue weighted by molar-refractivity contribution is 7.99. The molecule has 0 saturated carbocycles. The van der Waals surface area contributed by atoms with Crippen LogP contribution in [0.25, 0.3) is 129 Å². The fourth-order valence-corrected chi connectivity index (χ4v) is 14.7. The number of aromatic nitrogens is 3. The van der Waals surface area contributed by atoms with Crippen molar-refractivity contribution in [3.05, 3.63) is 219 Å². The van der Waals surface area contributed by atoms with Crippen LogP contribution in [-0.2, 0) is 0 Å². The molecule has 4 heterocycles. The molecule has 1 aliphatic rings. The van der Waals surface area contributed by atoms with Crippen molar-refractivity contribution in [2.75, 3.05) is 4.90 Å². The van der Waals surface area contributed by atoms with Crippen LogP contribution >= 0.6 is 23.1 Å². The van der Waals surface area contributed by atoms with Crippen LogP contribution in [0.3, 0.4) is 0 Å². The third-order valence-electron chi connectivity index (χ3n) is 15.5. The second-order valence-electron chi connectivity index (χ2n) is 19.0. The Bertz CT molecular complexity index is 4930. The van der Waals surface area contributed by atoms with Gasteiger partial charge in [-0.1, -0.05) is 139 Å². The minimum atomic E-state index is 1.04. The second-order valence-corrected chi connectivity index (χ2v) is 21.2. The fourth-order valence-electron chi connectivity index (χ4n) is 12.6. The van der Waals surface area contributed by atoms with Gasteiger partial charge in [-0.2, -0.15) is 0 Å². The first-order valence-electron chi connectivity index (χ1n) is 24.2. The topological polar surface area (TPSA) is 26.0 Å². The van der Waals surface area contributed by atoms with Gasteiger partial charge in [0, 0.05) is 37.5 Å². The van der Waals surface area contributed by atoms with E-state index >= 15 is 0 Å². The summed E-state index contributed by atoms with van der Waals surface area (Å²) in [5.41, 5.74) is 10.5. The van der Waals surface area contributed by atoms with Crippen molar-refractivity contribution in [3.63, 3.8) is 0 Å². The molecule has 0 radical (unpaired) electrons. The monoisotopic (exact) mass is 936 g/mol. The molecule has 13 aromatic carbocycles. The van der Waals surface area contributed by atoms with Gasteiger partial charge in [0.25, 0.3) is 0 Å². The summed E-state index contributed by atoms with van der Waals surface area (Å²) in [5, 5.41) is 20.4. The van der Waals surface area contributed by atoms with Crippen molar-refractivity contribution in [3.8, 4) is 11.4 Å². The van der Waals surface area contributed by atoms with E-state index in [9.17, 15) is 0 Å². The summed E-state index contributed by atoms with van der Waals surface area (Å²) in [6, 6.07) is 77.4. The zero-order valence-electron chi connectivity index (χ0n) is 37.9. The summed E-state index contributed by atoms with van der Waals surface area (Å²) in [7, 11) is 0. The maximum atomic E-state index is 4.72. The molecule has 17 rings (SSSR count). The molecule has 71 heavy (non-hydrogen) atoms. The number of hydrogen-bond donors (Lipinski definition) is 0. The average molecular weight is 937 g/mol. The maximum Gasteiger partial charge on any atom is 0.0656 e. The predicted molar refractivity (Wildman–Crippen MR) is 303 cm³/mol. The van der Waals surface area contributed by atoms with E-state index in [1.54, 1.807) is 0 Å². The quantitative estimate of drug-likeness (QED) is 0.130. The van der Waals surface area contributed by atoms with Gasteiger partial charge in [0.2, 0.25) is 0 Å². The zero-order chi connectivity index (χ0) is 46.1. The molecule has 0 N–H and O–H groups in total. The number of benzene rings is 13. The number of pyridine rings is 1. The summed E-state index contributed by atoms with van der Waals surface area (Å²) in [6.45, 7) is 0. The van der Waals surface area contributed by atoms with E-state index in [4.69, 9.17) is 4.98 Å². The van der Waals surface area contributed by atoms with Crippen LogP contribution in [-0.4, -0.2) is 14.1 Å². The summed E-state index contributed by atoms with van der Waals surface area (Å²) in [5.74, 6) is 0. The highest BCUT2D eigenvalue weighted by Gasteiger charge is 2.28. The lowest BCUT2D eigenvalue weighted by Crippen LogP contribution is -2.15. The molecular formula is C65H36N4S2. The molecule has 0 saturated heterocycles. The van der Waals surface area contributed by atoms with Crippen molar-refractivity contribution >= 4 is 158 Å². The average Bonchev–Trinajstić information content (AvgIpc) is 3.75. The van der Waals surface area contributed by atoms with Gasteiger partial charge < -0.3 is 14.0 Å². The molecule has 16 aromatic rings. The summed E-state index contributed by atoms with van der Waals surface area (Å²) in [6.07, 6.45) is 3.88. The SMILES string of the molecule is c1cncc(-n2c3cc4c(cc3c3c5cccc6c7cccc8cccc(c(cc32)c65)c87)sc2ccccc2n4-c2ccc3ccc4c(N5c6ccccc6Sc6ccccc65)ccc5ccc2c3c54)c1. The van der Waals surface area contributed by atoms with Crippen molar-refractivity contribution in [2.24, 2.45) is 0 Å². The molecule has 0 bridgehead atoms. The van der Waals surface area contributed by atoms with Crippen molar-refractivity contribution in [1.29, 1.82) is 0 Å². The molecule has 4 nitrogen and oxygen atoms in total. The molecule has 0 aliphatic carbocycles. The summed E-state index contributed by atoms with van der Waals surface area (Å²) >= 11 is 3.72. The second kappa shape index (κ2) is 14.0. The third kappa shape index (κ3) is 5.07. The predicted octanol–water partition coefficient (Wildman–Crippen LogP) is 18.8. The van der Waals surface area contributed by atoms with Crippen molar-refractivity contribution in [2.45, 2.75) is 9.79 Å². The van der Waals surface area contributed by atoms with E-state index < -0.39 is 0 Å². The Morgan fingerprint density at radius 2 is 0.958 bits per heavy atom. The lowest BCUT2D eigenvalue weighted by Gasteiger charge is -2.34. The van der Waals surface area contributed by atoms with Gasteiger partial charge in [-0.3, -0.25) is 4.98 Å². The van der Waals surface area contributed by atoms with Crippen LogP contribution in [0.15, 0.2) is 228 Å². The van der Waals surface area contributed by atoms with Gasteiger partial charge in [-0.25, -0.2) is 0 Å². The largest absolute Gasteiger partial charge is 0.308 e. The van der Waals surface area contributed by atoms with Gasteiger partial charge >= 0.3 is 0 Å². The molecule has 3 aromatic heterocycles. The maximum absolute atomic E-state index is 4.72. The molecule has 0 amide bonds. The van der Waals surface area contributed by atoms with Crippen LogP contribution in [0.5, 0.6) is 0 Å². The third-order valence-corrected chi connectivity index (χ3v) is 17.7. The molecule has 0 atom stereocenters. The van der Waals surface area contributed by atoms with Crippen LogP contribution in [0.2, 0.25) is 0 Å². The van der Waals surface area contributed by atoms with E-state index in [1.807, 2.05) is 35.5 Å². The van der Waals surface area contributed by atoms with Gasteiger partial charge in [0.05, 0.1) is 66.1 Å². The highest BCUT2D eigenvalue weighted by Crippen LogP contribution is 2.54. The Morgan fingerprint density at radius 1 is 0.324 bits per heavy atom. The normalized spacial score (nSPS) is 13.0. The smallest absolute Gasteiger partial charge is 0.0656 e. The molecule has 6 heteroatoms. The first-order chi connectivity index (χ1) is 35.2. The molecular weight excluding hydrogens is 901 g/mol.